The maximum Gasteiger partial charge on any atom is 0.165 e. The summed E-state index contributed by atoms with van der Waals surface area (Å²) in [5.41, 5.74) is 0.889. The average Bonchev–Trinajstić information content (AvgIpc) is 2.37. The molecule has 0 heterocycles. The number of rotatable bonds is 8. The van der Waals surface area contributed by atoms with Crippen molar-refractivity contribution < 1.29 is 9.13 Å². The number of nitrogens with one attached hydrogen (secondary N) is 1. The van der Waals surface area contributed by atoms with Crippen molar-refractivity contribution in [2.24, 2.45) is 0 Å². The van der Waals surface area contributed by atoms with Crippen LogP contribution in [0, 0.1) is 5.82 Å². The van der Waals surface area contributed by atoms with Crippen molar-refractivity contribution in [3.8, 4) is 5.75 Å². The van der Waals surface area contributed by atoms with E-state index in [4.69, 9.17) is 4.74 Å². The zero-order chi connectivity index (χ0) is 15.0. The van der Waals surface area contributed by atoms with Gasteiger partial charge >= 0.3 is 0 Å². The molecule has 0 spiro atoms. The highest BCUT2D eigenvalue weighted by Crippen LogP contribution is 2.23. The van der Waals surface area contributed by atoms with Crippen molar-refractivity contribution in [3.63, 3.8) is 0 Å². The van der Waals surface area contributed by atoms with E-state index in [2.05, 4.69) is 33.0 Å². The fourth-order valence-corrected chi connectivity index (χ4v) is 1.92. The minimum atomic E-state index is -0.270. The zero-order valence-corrected chi connectivity index (χ0v) is 13.3. The first-order valence-corrected chi connectivity index (χ1v) is 7.59. The molecule has 1 aromatic carbocycles. The van der Waals surface area contributed by atoms with Gasteiger partial charge in [-0.05, 0) is 33.3 Å². The Bertz CT molecular complexity index is 398. The Kier molecular flexibility index (Phi) is 7.00. The van der Waals surface area contributed by atoms with Crippen LogP contribution in [0.5, 0.6) is 5.75 Å². The first-order valence-electron chi connectivity index (χ1n) is 7.59. The predicted molar refractivity (Wildman–Crippen MR) is 82.6 cm³/mol. The van der Waals surface area contributed by atoms with Gasteiger partial charge in [0.25, 0.3) is 0 Å². The number of para-hydroxylation sites is 1. The molecule has 114 valence electrons. The standard InChI is InChI=1S/C17H28FNO/c1-5-6-7-8-12-20-16-14(10-9-11-15(16)18)13-19-17(2,3)4/h9-11,19H,5-8,12-13H2,1-4H3. The molecule has 2 nitrogen and oxygen atoms in total. The second-order valence-corrected chi connectivity index (χ2v) is 6.24. The van der Waals surface area contributed by atoms with Crippen LogP contribution in [0.3, 0.4) is 0 Å². The topological polar surface area (TPSA) is 21.3 Å². The quantitative estimate of drug-likeness (QED) is 0.699. The summed E-state index contributed by atoms with van der Waals surface area (Å²) in [7, 11) is 0. The molecule has 0 aliphatic heterocycles. The van der Waals surface area contributed by atoms with E-state index in [9.17, 15) is 4.39 Å². The highest BCUT2D eigenvalue weighted by atomic mass is 19.1. The molecule has 0 radical (unpaired) electrons. The van der Waals surface area contributed by atoms with E-state index in [-0.39, 0.29) is 11.4 Å². The molecule has 3 heteroatoms. The molecule has 1 aromatic rings. The number of halogens is 1. The fraction of sp³-hybridized carbons (Fsp3) is 0.647. The summed E-state index contributed by atoms with van der Waals surface area (Å²) in [6, 6.07) is 5.12. The van der Waals surface area contributed by atoms with Gasteiger partial charge in [-0.3, -0.25) is 0 Å². The average molecular weight is 281 g/mol. The summed E-state index contributed by atoms with van der Waals surface area (Å²) < 4.78 is 19.6. The molecule has 0 atom stereocenters. The molecule has 1 rings (SSSR count). The van der Waals surface area contributed by atoms with E-state index < -0.39 is 0 Å². The van der Waals surface area contributed by atoms with Crippen LogP contribution in [0.2, 0.25) is 0 Å². The number of hydrogen-bond acceptors (Lipinski definition) is 2. The first kappa shape index (κ1) is 17.0. The maximum atomic E-state index is 13.9. The van der Waals surface area contributed by atoms with E-state index in [0.29, 0.717) is 18.9 Å². The van der Waals surface area contributed by atoms with Crippen LogP contribution < -0.4 is 10.1 Å². The van der Waals surface area contributed by atoms with Gasteiger partial charge in [0, 0.05) is 17.6 Å². The molecular weight excluding hydrogens is 253 g/mol. The highest BCUT2D eigenvalue weighted by molar-refractivity contribution is 5.35. The fourth-order valence-electron chi connectivity index (χ4n) is 1.92. The Balaban J connectivity index is 2.59. The van der Waals surface area contributed by atoms with Gasteiger partial charge in [0.05, 0.1) is 6.61 Å². The van der Waals surface area contributed by atoms with Gasteiger partial charge in [0.15, 0.2) is 11.6 Å². The number of hydrogen-bond donors (Lipinski definition) is 1. The smallest absolute Gasteiger partial charge is 0.165 e. The van der Waals surface area contributed by atoms with Crippen LogP contribution in [0.15, 0.2) is 18.2 Å². The number of ether oxygens (including phenoxy) is 1. The van der Waals surface area contributed by atoms with Gasteiger partial charge in [0.1, 0.15) is 0 Å². The third-order valence-corrected chi connectivity index (χ3v) is 3.10. The van der Waals surface area contributed by atoms with Gasteiger partial charge in [-0.2, -0.15) is 0 Å². The monoisotopic (exact) mass is 281 g/mol. The summed E-state index contributed by atoms with van der Waals surface area (Å²) >= 11 is 0. The molecule has 0 aromatic heterocycles. The van der Waals surface area contributed by atoms with Crippen LogP contribution in [-0.2, 0) is 6.54 Å². The molecule has 0 saturated heterocycles. The summed E-state index contributed by atoms with van der Waals surface area (Å²) in [4.78, 5) is 0. The van der Waals surface area contributed by atoms with Crippen LogP contribution >= 0.6 is 0 Å². The van der Waals surface area contributed by atoms with Crippen molar-refractivity contribution in [3.05, 3.63) is 29.6 Å². The highest BCUT2D eigenvalue weighted by Gasteiger charge is 2.13. The molecular formula is C17H28FNO. The molecule has 0 unspecified atom stereocenters. The molecule has 0 fully saturated rings. The Morgan fingerprint density at radius 1 is 1.15 bits per heavy atom. The first-order chi connectivity index (χ1) is 9.44. The number of unbranched alkanes of at least 4 members (excludes halogenated alkanes) is 3. The number of benzene rings is 1. The van der Waals surface area contributed by atoms with Crippen molar-refractivity contribution in [1.82, 2.24) is 5.32 Å². The van der Waals surface area contributed by atoms with E-state index in [0.717, 1.165) is 18.4 Å². The maximum absolute atomic E-state index is 13.9. The van der Waals surface area contributed by atoms with Gasteiger partial charge in [0.2, 0.25) is 0 Å². The second-order valence-electron chi connectivity index (χ2n) is 6.24. The Morgan fingerprint density at radius 3 is 2.55 bits per heavy atom. The second kappa shape index (κ2) is 8.25. The summed E-state index contributed by atoms with van der Waals surface area (Å²) in [6.45, 7) is 9.66. The summed E-state index contributed by atoms with van der Waals surface area (Å²) in [5.74, 6) is 0.134. The molecule has 0 aliphatic rings. The normalized spacial score (nSPS) is 11.7. The lowest BCUT2D eigenvalue weighted by Gasteiger charge is -2.22. The van der Waals surface area contributed by atoms with E-state index in [1.165, 1.54) is 18.9 Å². The largest absolute Gasteiger partial charge is 0.490 e. The van der Waals surface area contributed by atoms with E-state index in [1.54, 1.807) is 6.07 Å². The molecule has 0 bridgehead atoms. The van der Waals surface area contributed by atoms with Crippen LogP contribution in [-0.4, -0.2) is 12.1 Å². The molecule has 0 aliphatic carbocycles. The summed E-state index contributed by atoms with van der Waals surface area (Å²) in [5, 5.41) is 3.37. The van der Waals surface area contributed by atoms with Crippen LogP contribution in [0.4, 0.5) is 4.39 Å². The lowest BCUT2D eigenvalue weighted by molar-refractivity contribution is 0.285. The van der Waals surface area contributed by atoms with E-state index in [1.807, 2.05) is 6.07 Å². The molecule has 20 heavy (non-hydrogen) atoms. The van der Waals surface area contributed by atoms with Crippen LogP contribution in [0.1, 0.15) is 58.9 Å². The van der Waals surface area contributed by atoms with Crippen molar-refractivity contribution >= 4 is 0 Å². The van der Waals surface area contributed by atoms with E-state index >= 15 is 0 Å². The SMILES string of the molecule is CCCCCCOc1c(F)cccc1CNC(C)(C)C. The van der Waals surface area contributed by atoms with Gasteiger partial charge < -0.3 is 10.1 Å². The lowest BCUT2D eigenvalue weighted by atomic mass is 10.1. The van der Waals surface area contributed by atoms with Crippen molar-refractivity contribution in [2.75, 3.05) is 6.61 Å². The zero-order valence-electron chi connectivity index (χ0n) is 13.3. The Labute approximate surface area is 122 Å². The van der Waals surface area contributed by atoms with Gasteiger partial charge in [-0.25, -0.2) is 4.39 Å². The molecule has 0 saturated carbocycles. The summed E-state index contributed by atoms with van der Waals surface area (Å²) in [6.07, 6.45) is 4.52. The molecule has 0 amide bonds. The minimum Gasteiger partial charge on any atom is -0.490 e. The van der Waals surface area contributed by atoms with Crippen molar-refractivity contribution in [2.45, 2.75) is 65.5 Å². The van der Waals surface area contributed by atoms with Crippen molar-refractivity contribution in [1.29, 1.82) is 0 Å². The van der Waals surface area contributed by atoms with Gasteiger partial charge in [-0.1, -0.05) is 38.3 Å². The van der Waals surface area contributed by atoms with Crippen LogP contribution in [0.25, 0.3) is 0 Å². The minimum absolute atomic E-state index is 0.00468. The molecule has 1 N–H and O–H groups in total. The predicted octanol–water partition coefficient (Wildman–Crippen LogP) is 4.67. The Hall–Kier alpha value is -1.09. The Morgan fingerprint density at radius 2 is 1.90 bits per heavy atom. The lowest BCUT2D eigenvalue weighted by Crippen LogP contribution is -2.35. The third-order valence-electron chi connectivity index (χ3n) is 3.10. The third kappa shape index (κ3) is 6.38. The van der Waals surface area contributed by atoms with Gasteiger partial charge in [-0.15, -0.1) is 0 Å².